The van der Waals surface area contributed by atoms with Gasteiger partial charge in [-0.15, -0.1) is 0 Å². The summed E-state index contributed by atoms with van der Waals surface area (Å²) in [6.45, 7) is 4.70. The Morgan fingerprint density at radius 1 is 1.46 bits per heavy atom. The van der Waals surface area contributed by atoms with Crippen molar-refractivity contribution in [2.24, 2.45) is 0 Å². The molecule has 1 aliphatic rings. The molecule has 0 spiro atoms. The largest absolute Gasteiger partial charge is 0.373 e. The highest BCUT2D eigenvalue weighted by atomic mass is 16.6. The second-order valence-electron chi connectivity index (χ2n) is 3.06. The Hall–Kier alpha value is -1.08. The van der Waals surface area contributed by atoms with Gasteiger partial charge in [-0.05, 0) is 11.1 Å². The van der Waals surface area contributed by atoms with Gasteiger partial charge in [-0.3, -0.25) is 0 Å². The van der Waals surface area contributed by atoms with Crippen molar-refractivity contribution >= 4 is 6.08 Å². The zero-order valence-electron chi connectivity index (χ0n) is 6.99. The van der Waals surface area contributed by atoms with Crippen LogP contribution >= 0.6 is 0 Å². The highest BCUT2D eigenvalue weighted by Crippen LogP contribution is 2.19. The lowest BCUT2D eigenvalue weighted by Gasteiger charge is -2.02. The summed E-state index contributed by atoms with van der Waals surface area (Å²) in [5, 5.41) is 0. The maximum Gasteiger partial charge on any atom is 0.0850 e. The topological polar surface area (TPSA) is 12.5 Å². The maximum atomic E-state index is 5.18. The van der Waals surface area contributed by atoms with E-state index >= 15 is 0 Å². The molecule has 70 valence electrons. The van der Waals surface area contributed by atoms with E-state index in [1.54, 1.807) is 0 Å². The minimum atomic E-state index is 0. The summed E-state index contributed by atoms with van der Waals surface area (Å²) in [5.41, 5.74) is 2.57. The first kappa shape index (κ1) is 10.0. The molecular formula is C12H16O. The molecule has 1 saturated heterocycles. The van der Waals surface area contributed by atoms with Crippen LogP contribution in [0.4, 0.5) is 0 Å². The standard InChI is InChI=1S/C11H12O.CH4/c1-2-9-5-3-4-6-10(9)7-11-8-12-11;/h2-6,11H,1,7-8H2;1H4. The molecule has 1 fully saturated rings. The molecule has 0 amide bonds. The van der Waals surface area contributed by atoms with Crippen molar-refractivity contribution in [1.29, 1.82) is 0 Å². The third-order valence-electron chi connectivity index (χ3n) is 2.12. The summed E-state index contributed by atoms with van der Waals surface area (Å²) < 4.78 is 5.18. The van der Waals surface area contributed by atoms with Gasteiger partial charge in [-0.25, -0.2) is 0 Å². The fourth-order valence-corrected chi connectivity index (χ4v) is 1.35. The van der Waals surface area contributed by atoms with E-state index < -0.39 is 0 Å². The number of rotatable bonds is 3. The number of ether oxygens (including phenoxy) is 1. The second-order valence-corrected chi connectivity index (χ2v) is 3.06. The van der Waals surface area contributed by atoms with Gasteiger partial charge in [-0.1, -0.05) is 44.3 Å². The van der Waals surface area contributed by atoms with E-state index in [0.717, 1.165) is 13.0 Å². The van der Waals surface area contributed by atoms with Crippen molar-refractivity contribution in [2.45, 2.75) is 20.0 Å². The van der Waals surface area contributed by atoms with Crippen molar-refractivity contribution in [3.05, 3.63) is 42.0 Å². The molecule has 0 aliphatic carbocycles. The Morgan fingerprint density at radius 3 is 2.77 bits per heavy atom. The molecule has 1 aromatic carbocycles. The fraction of sp³-hybridized carbons (Fsp3) is 0.333. The molecule has 0 aromatic heterocycles. The molecule has 0 N–H and O–H groups in total. The summed E-state index contributed by atoms with van der Waals surface area (Å²) in [7, 11) is 0. The highest BCUT2D eigenvalue weighted by Gasteiger charge is 2.22. The number of hydrogen-bond acceptors (Lipinski definition) is 1. The Bertz CT molecular complexity index is 287. The predicted octanol–water partition coefficient (Wildman–Crippen LogP) is 2.91. The molecule has 0 radical (unpaired) electrons. The van der Waals surface area contributed by atoms with Crippen molar-refractivity contribution in [3.8, 4) is 0 Å². The second kappa shape index (κ2) is 4.24. The molecule has 2 rings (SSSR count). The minimum Gasteiger partial charge on any atom is -0.373 e. The van der Waals surface area contributed by atoms with Crippen LogP contribution in [0.15, 0.2) is 30.8 Å². The Kier molecular flexibility index (Phi) is 3.26. The van der Waals surface area contributed by atoms with Crippen LogP contribution in [0.25, 0.3) is 6.08 Å². The first-order chi connectivity index (χ1) is 5.90. The molecule has 1 heterocycles. The monoisotopic (exact) mass is 176 g/mol. The van der Waals surface area contributed by atoms with E-state index in [4.69, 9.17) is 4.74 Å². The third kappa shape index (κ3) is 2.43. The van der Waals surface area contributed by atoms with Crippen LogP contribution in [0.1, 0.15) is 18.6 Å². The lowest BCUT2D eigenvalue weighted by Crippen LogP contribution is -1.94. The molecule has 1 atom stereocenters. The number of hydrogen-bond donors (Lipinski definition) is 0. The molecule has 1 unspecified atom stereocenters. The Labute approximate surface area is 80.0 Å². The van der Waals surface area contributed by atoms with Crippen molar-refractivity contribution in [1.82, 2.24) is 0 Å². The molecule has 0 saturated carbocycles. The first-order valence-electron chi connectivity index (χ1n) is 4.22. The first-order valence-corrected chi connectivity index (χ1v) is 4.22. The van der Waals surface area contributed by atoms with Crippen LogP contribution in [0.5, 0.6) is 0 Å². The molecule has 0 bridgehead atoms. The van der Waals surface area contributed by atoms with Crippen LogP contribution in [-0.2, 0) is 11.2 Å². The minimum absolute atomic E-state index is 0. The normalized spacial score (nSPS) is 18.9. The van der Waals surface area contributed by atoms with E-state index in [1.807, 2.05) is 12.1 Å². The molecule has 13 heavy (non-hydrogen) atoms. The summed E-state index contributed by atoms with van der Waals surface area (Å²) in [4.78, 5) is 0. The van der Waals surface area contributed by atoms with Crippen molar-refractivity contribution < 1.29 is 4.74 Å². The quantitative estimate of drug-likeness (QED) is 0.645. The van der Waals surface area contributed by atoms with Crippen LogP contribution in [-0.4, -0.2) is 12.7 Å². The Balaban J connectivity index is 0.000000845. The third-order valence-corrected chi connectivity index (χ3v) is 2.12. The van der Waals surface area contributed by atoms with E-state index in [0.29, 0.717) is 6.10 Å². The maximum absolute atomic E-state index is 5.18. The van der Waals surface area contributed by atoms with E-state index in [-0.39, 0.29) is 7.43 Å². The van der Waals surface area contributed by atoms with Crippen LogP contribution in [0, 0.1) is 0 Å². The lowest BCUT2D eigenvalue weighted by atomic mass is 10.0. The van der Waals surface area contributed by atoms with Gasteiger partial charge in [0.05, 0.1) is 12.7 Å². The van der Waals surface area contributed by atoms with Gasteiger partial charge in [0.2, 0.25) is 0 Å². The molecule has 1 heteroatoms. The number of benzene rings is 1. The Morgan fingerprint density at radius 2 is 2.15 bits per heavy atom. The van der Waals surface area contributed by atoms with Crippen LogP contribution in [0.2, 0.25) is 0 Å². The predicted molar refractivity (Wildman–Crippen MR) is 56.7 cm³/mol. The van der Waals surface area contributed by atoms with E-state index in [2.05, 4.69) is 24.8 Å². The van der Waals surface area contributed by atoms with Crippen LogP contribution < -0.4 is 0 Å². The summed E-state index contributed by atoms with van der Waals surface area (Å²) >= 11 is 0. The van der Waals surface area contributed by atoms with Crippen molar-refractivity contribution in [2.75, 3.05) is 6.61 Å². The molecule has 1 aliphatic heterocycles. The molecule has 1 aromatic rings. The van der Waals surface area contributed by atoms with Gasteiger partial charge in [0.1, 0.15) is 0 Å². The van der Waals surface area contributed by atoms with Gasteiger partial charge in [0.25, 0.3) is 0 Å². The van der Waals surface area contributed by atoms with Crippen LogP contribution in [0.3, 0.4) is 0 Å². The summed E-state index contributed by atoms with van der Waals surface area (Å²) in [5.74, 6) is 0. The fourth-order valence-electron chi connectivity index (χ4n) is 1.35. The number of epoxide rings is 1. The van der Waals surface area contributed by atoms with E-state index in [9.17, 15) is 0 Å². The lowest BCUT2D eigenvalue weighted by molar-refractivity contribution is 0.407. The molecule has 1 nitrogen and oxygen atoms in total. The average Bonchev–Trinajstić information content (AvgIpc) is 2.89. The van der Waals surface area contributed by atoms with E-state index in [1.165, 1.54) is 11.1 Å². The van der Waals surface area contributed by atoms with Gasteiger partial charge >= 0.3 is 0 Å². The summed E-state index contributed by atoms with van der Waals surface area (Å²) in [6.07, 6.45) is 3.39. The average molecular weight is 176 g/mol. The smallest absolute Gasteiger partial charge is 0.0850 e. The van der Waals surface area contributed by atoms with Gasteiger partial charge in [0, 0.05) is 6.42 Å². The van der Waals surface area contributed by atoms with Gasteiger partial charge in [0.15, 0.2) is 0 Å². The van der Waals surface area contributed by atoms with Gasteiger partial charge in [-0.2, -0.15) is 0 Å². The SMILES string of the molecule is C.C=Cc1ccccc1CC1CO1. The van der Waals surface area contributed by atoms with Gasteiger partial charge < -0.3 is 4.74 Å². The summed E-state index contributed by atoms with van der Waals surface area (Å²) in [6, 6.07) is 8.32. The zero-order valence-corrected chi connectivity index (χ0v) is 6.99. The van der Waals surface area contributed by atoms with Crippen molar-refractivity contribution in [3.63, 3.8) is 0 Å². The highest BCUT2D eigenvalue weighted by molar-refractivity contribution is 5.51. The zero-order chi connectivity index (χ0) is 8.39. The molecular weight excluding hydrogens is 160 g/mol.